The molecule has 0 aromatic heterocycles. The number of hydrogen-bond donors (Lipinski definition) is 1. The van der Waals surface area contributed by atoms with Crippen LogP contribution in [0.25, 0.3) is 0 Å². The normalized spacial score (nSPS) is 26.1. The summed E-state index contributed by atoms with van der Waals surface area (Å²) in [6, 6.07) is 3.27. The second kappa shape index (κ2) is 7.01. The van der Waals surface area contributed by atoms with Crippen LogP contribution in [-0.2, 0) is 0 Å². The molecule has 0 amide bonds. The first-order valence-electron chi connectivity index (χ1n) is 7.56. The van der Waals surface area contributed by atoms with Gasteiger partial charge in [0.25, 0.3) is 0 Å². The lowest BCUT2D eigenvalue weighted by molar-refractivity contribution is 0.279. The topological polar surface area (TPSA) is 35.8 Å². The Bertz CT molecular complexity index is 242. The number of rotatable bonds is 3. The summed E-state index contributed by atoms with van der Waals surface area (Å²) in [7, 11) is 0. The molecule has 17 heavy (non-hydrogen) atoms. The van der Waals surface area contributed by atoms with Gasteiger partial charge in [-0.3, -0.25) is 5.32 Å². The summed E-state index contributed by atoms with van der Waals surface area (Å²) in [4.78, 5) is 0. The zero-order valence-electron chi connectivity index (χ0n) is 11.0. The molecule has 1 N–H and O–H groups in total. The predicted molar refractivity (Wildman–Crippen MR) is 70.6 cm³/mol. The molecule has 2 aliphatic rings. The van der Waals surface area contributed by atoms with Crippen molar-refractivity contribution in [3.05, 3.63) is 0 Å². The summed E-state index contributed by atoms with van der Waals surface area (Å²) >= 11 is 0. The van der Waals surface area contributed by atoms with Crippen LogP contribution in [-0.4, -0.2) is 12.1 Å². The minimum Gasteiger partial charge on any atom is -0.299 e. The van der Waals surface area contributed by atoms with Crippen molar-refractivity contribution in [1.29, 1.82) is 5.26 Å². The molecule has 2 saturated carbocycles. The van der Waals surface area contributed by atoms with Crippen LogP contribution in [0.5, 0.6) is 0 Å². The molecule has 0 aromatic carbocycles. The highest BCUT2D eigenvalue weighted by Crippen LogP contribution is 2.27. The fourth-order valence-corrected chi connectivity index (χ4v) is 3.45. The van der Waals surface area contributed by atoms with Gasteiger partial charge in [0.1, 0.15) is 0 Å². The molecule has 0 aromatic rings. The largest absolute Gasteiger partial charge is 0.299 e. The molecule has 2 heteroatoms. The van der Waals surface area contributed by atoms with Crippen molar-refractivity contribution in [2.45, 2.75) is 82.7 Å². The summed E-state index contributed by atoms with van der Waals surface area (Å²) in [5.41, 5.74) is 0. The number of nitrogens with zero attached hydrogens (tertiary/aromatic N) is 1. The van der Waals surface area contributed by atoms with Crippen molar-refractivity contribution >= 4 is 0 Å². The SMILES string of the molecule is N#CC(NC1CCCCCC1)C1CCCCC1. The van der Waals surface area contributed by atoms with Crippen LogP contribution >= 0.6 is 0 Å². The summed E-state index contributed by atoms with van der Waals surface area (Å²) in [5, 5.41) is 13.0. The van der Waals surface area contributed by atoms with E-state index in [1.807, 2.05) is 0 Å². The van der Waals surface area contributed by atoms with Crippen LogP contribution in [0.4, 0.5) is 0 Å². The molecule has 1 unspecified atom stereocenters. The van der Waals surface area contributed by atoms with Crippen LogP contribution < -0.4 is 5.32 Å². The summed E-state index contributed by atoms with van der Waals surface area (Å²) in [5.74, 6) is 0.622. The maximum Gasteiger partial charge on any atom is 0.0983 e. The second-order valence-electron chi connectivity index (χ2n) is 5.86. The minimum absolute atomic E-state index is 0.124. The van der Waals surface area contributed by atoms with E-state index >= 15 is 0 Å². The van der Waals surface area contributed by atoms with Gasteiger partial charge in [-0.2, -0.15) is 5.26 Å². The van der Waals surface area contributed by atoms with Gasteiger partial charge in [-0.1, -0.05) is 44.9 Å². The van der Waals surface area contributed by atoms with Crippen LogP contribution in [0.1, 0.15) is 70.6 Å². The Morgan fingerprint density at radius 3 is 1.94 bits per heavy atom. The zero-order valence-corrected chi connectivity index (χ0v) is 11.0. The lowest BCUT2D eigenvalue weighted by Gasteiger charge is -2.29. The summed E-state index contributed by atoms with van der Waals surface area (Å²) < 4.78 is 0. The molecule has 0 radical (unpaired) electrons. The molecule has 0 aliphatic heterocycles. The number of nitrogens with one attached hydrogen (secondary N) is 1. The standard InChI is InChI=1S/C15H26N2/c16-12-15(13-8-4-3-5-9-13)17-14-10-6-1-2-7-11-14/h13-15,17H,1-11H2. The average molecular weight is 234 g/mol. The third kappa shape index (κ3) is 4.00. The first-order valence-corrected chi connectivity index (χ1v) is 7.56. The summed E-state index contributed by atoms with van der Waals surface area (Å²) in [6.45, 7) is 0. The third-order valence-electron chi connectivity index (χ3n) is 4.53. The van der Waals surface area contributed by atoms with Crippen molar-refractivity contribution < 1.29 is 0 Å². The fourth-order valence-electron chi connectivity index (χ4n) is 3.45. The Balaban J connectivity index is 1.83. The van der Waals surface area contributed by atoms with Crippen molar-refractivity contribution in [2.75, 3.05) is 0 Å². The van der Waals surface area contributed by atoms with Crippen molar-refractivity contribution in [3.8, 4) is 6.07 Å². The Hall–Kier alpha value is -0.550. The minimum atomic E-state index is 0.124. The zero-order chi connectivity index (χ0) is 11.9. The van der Waals surface area contributed by atoms with Gasteiger partial charge in [-0.15, -0.1) is 0 Å². The molecule has 1 atom stereocenters. The lowest BCUT2D eigenvalue weighted by Crippen LogP contribution is -2.42. The first-order chi connectivity index (χ1) is 8.40. The van der Waals surface area contributed by atoms with Gasteiger partial charge in [0.05, 0.1) is 12.1 Å². The molecule has 2 fully saturated rings. The quantitative estimate of drug-likeness (QED) is 0.754. The van der Waals surface area contributed by atoms with Crippen molar-refractivity contribution in [3.63, 3.8) is 0 Å². The third-order valence-corrected chi connectivity index (χ3v) is 4.53. The molecule has 0 bridgehead atoms. The van der Waals surface area contributed by atoms with Gasteiger partial charge in [0.2, 0.25) is 0 Å². The van der Waals surface area contributed by atoms with Gasteiger partial charge in [0, 0.05) is 6.04 Å². The van der Waals surface area contributed by atoms with Gasteiger partial charge >= 0.3 is 0 Å². The van der Waals surface area contributed by atoms with Gasteiger partial charge < -0.3 is 0 Å². The smallest absolute Gasteiger partial charge is 0.0983 e. The highest BCUT2D eigenvalue weighted by molar-refractivity contribution is 4.97. The highest BCUT2D eigenvalue weighted by atomic mass is 15.0. The van der Waals surface area contributed by atoms with Crippen LogP contribution in [0.3, 0.4) is 0 Å². The van der Waals surface area contributed by atoms with E-state index in [2.05, 4.69) is 11.4 Å². The van der Waals surface area contributed by atoms with E-state index < -0.39 is 0 Å². The molecule has 2 nitrogen and oxygen atoms in total. The average Bonchev–Trinajstić information content (AvgIpc) is 2.65. The van der Waals surface area contributed by atoms with Crippen LogP contribution in [0.15, 0.2) is 0 Å². The molecule has 0 heterocycles. The molecular formula is C15H26N2. The predicted octanol–water partition coefficient (Wildman–Crippen LogP) is 3.77. The number of nitriles is 1. The van der Waals surface area contributed by atoms with E-state index in [-0.39, 0.29) is 6.04 Å². The second-order valence-corrected chi connectivity index (χ2v) is 5.86. The van der Waals surface area contributed by atoms with E-state index in [4.69, 9.17) is 0 Å². The molecule has 2 rings (SSSR count). The molecular weight excluding hydrogens is 208 g/mol. The van der Waals surface area contributed by atoms with E-state index in [0.717, 1.165) is 0 Å². The van der Waals surface area contributed by atoms with Gasteiger partial charge in [0.15, 0.2) is 0 Å². The summed E-state index contributed by atoms with van der Waals surface area (Å²) in [6.07, 6.45) is 14.6. The van der Waals surface area contributed by atoms with E-state index in [1.54, 1.807) is 0 Å². The molecule has 0 spiro atoms. The van der Waals surface area contributed by atoms with E-state index in [1.165, 1.54) is 70.6 Å². The maximum atomic E-state index is 9.37. The van der Waals surface area contributed by atoms with Gasteiger partial charge in [-0.05, 0) is 31.6 Å². The van der Waals surface area contributed by atoms with E-state index in [0.29, 0.717) is 12.0 Å². The van der Waals surface area contributed by atoms with Gasteiger partial charge in [-0.25, -0.2) is 0 Å². The first kappa shape index (κ1) is 12.9. The molecule has 96 valence electrons. The maximum absolute atomic E-state index is 9.37. The van der Waals surface area contributed by atoms with Crippen LogP contribution in [0.2, 0.25) is 0 Å². The van der Waals surface area contributed by atoms with Crippen LogP contribution in [0, 0.1) is 17.2 Å². The monoisotopic (exact) mass is 234 g/mol. The number of hydrogen-bond acceptors (Lipinski definition) is 2. The van der Waals surface area contributed by atoms with Crippen molar-refractivity contribution in [1.82, 2.24) is 5.32 Å². The Labute approximate surface area is 106 Å². The Kier molecular flexibility index (Phi) is 5.32. The fraction of sp³-hybridized carbons (Fsp3) is 0.933. The Morgan fingerprint density at radius 1 is 0.824 bits per heavy atom. The lowest BCUT2D eigenvalue weighted by atomic mass is 9.84. The highest BCUT2D eigenvalue weighted by Gasteiger charge is 2.25. The molecule has 0 saturated heterocycles. The van der Waals surface area contributed by atoms with E-state index in [9.17, 15) is 5.26 Å². The Morgan fingerprint density at radius 2 is 1.35 bits per heavy atom. The van der Waals surface area contributed by atoms with Crippen molar-refractivity contribution in [2.24, 2.45) is 5.92 Å². The molecule has 2 aliphatic carbocycles.